The van der Waals surface area contributed by atoms with Gasteiger partial charge in [0.05, 0.1) is 0 Å². The molecule has 1 heterocycles. The van der Waals surface area contributed by atoms with Gasteiger partial charge in [0.1, 0.15) is 0 Å². The summed E-state index contributed by atoms with van der Waals surface area (Å²) >= 11 is 0. The maximum Gasteiger partial charge on any atom is 0.217 e. The summed E-state index contributed by atoms with van der Waals surface area (Å²) in [6.07, 6.45) is 2.46. The minimum atomic E-state index is -1.51. The summed E-state index contributed by atoms with van der Waals surface area (Å²) in [5.74, 6) is 0. The second-order valence-electron chi connectivity index (χ2n) is 4.90. The van der Waals surface area contributed by atoms with E-state index in [1.807, 2.05) is 0 Å². The predicted octanol–water partition coefficient (Wildman–Crippen LogP) is 3.02. The highest BCUT2D eigenvalue weighted by molar-refractivity contribution is 7.08. The molecule has 0 unspecified atom stereocenters. The molecular weight excluding hydrogens is 228 g/mol. The molecule has 4 heteroatoms. The maximum atomic E-state index is 4.09. The second kappa shape index (κ2) is 5.00. The molecule has 1 fully saturated rings. The first-order chi connectivity index (χ1) is 7.51. The quantitative estimate of drug-likeness (QED) is 0.672. The molecule has 2 nitrogen and oxygen atoms in total. The topological polar surface area (TPSA) is 6.48 Å². The van der Waals surface area contributed by atoms with Gasteiger partial charge in [0.25, 0.3) is 0 Å². The van der Waals surface area contributed by atoms with Crippen LogP contribution in [0.1, 0.15) is 26.7 Å². The highest BCUT2D eigenvalue weighted by Gasteiger charge is 2.62. The molecule has 0 radical (unpaired) electrons. The first kappa shape index (κ1) is 13.9. The summed E-state index contributed by atoms with van der Waals surface area (Å²) in [5, 5.41) is 0. The van der Waals surface area contributed by atoms with E-state index in [4.69, 9.17) is 0 Å². The Labute approximate surface area is 103 Å². The van der Waals surface area contributed by atoms with Crippen LogP contribution in [0.5, 0.6) is 0 Å². The SMILES string of the molecule is C=C[Si]1(C)N(CCC)[Si](C)(C=C)N1CCC. The average molecular weight is 255 g/mol. The molecule has 1 rings (SSSR count). The lowest BCUT2D eigenvalue weighted by molar-refractivity contribution is 0.396. The smallest absolute Gasteiger partial charge is 0.217 e. The molecule has 92 valence electrons. The van der Waals surface area contributed by atoms with Crippen LogP contribution >= 0.6 is 0 Å². The summed E-state index contributed by atoms with van der Waals surface area (Å²) in [6.45, 7) is 20.0. The number of hydrogen-bond acceptors (Lipinski definition) is 2. The number of hydrogen-bond donors (Lipinski definition) is 0. The van der Waals surface area contributed by atoms with Gasteiger partial charge in [-0.25, -0.2) is 0 Å². The minimum absolute atomic E-state index is 1.21. The highest BCUT2D eigenvalue weighted by Crippen LogP contribution is 2.39. The molecule has 0 spiro atoms. The van der Waals surface area contributed by atoms with E-state index in [1.54, 1.807) is 0 Å². The molecule has 1 saturated heterocycles. The van der Waals surface area contributed by atoms with E-state index in [0.29, 0.717) is 0 Å². The van der Waals surface area contributed by atoms with Crippen molar-refractivity contribution in [1.82, 2.24) is 8.46 Å². The van der Waals surface area contributed by atoms with Crippen LogP contribution in [0.15, 0.2) is 24.6 Å². The fourth-order valence-corrected chi connectivity index (χ4v) is 16.3. The summed E-state index contributed by atoms with van der Waals surface area (Å²) in [6, 6.07) is 0. The van der Waals surface area contributed by atoms with Gasteiger partial charge in [-0.05, 0) is 39.0 Å². The van der Waals surface area contributed by atoms with Crippen LogP contribution in [0.3, 0.4) is 0 Å². The number of rotatable bonds is 6. The molecule has 1 aliphatic rings. The van der Waals surface area contributed by atoms with E-state index in [1.165, 1.54) is 25.9 Å². The molecule has 1 aliphatic heterocycles. The zero-order chi connectivity index (χ0) is 12.4. The normalized spacial score (nSPS) is 35.8. The van der Waals surface area contributed by atoms with Crippen LogP contribution in [0.2, 0.25) is 13.1 Å². The first-order valence-corrected chi connectivity index (χ1v) is 11.3. The fourth-order valence-electron chi connectivity index (χ4n) is 2.96. The van der Waals surface area contributed by atoms with Gasteiger partial charge < -0.3 is 8.46 Å². The van der Waals surface area contributed by atoms with Gasteiger partial charge in [0.15, 0.2) is 0 Å². The third kappa shape index (κ3) is 1.77. The summed E-state index contributed by atoms with van der Waals surface area (Å²) in [4.78, 5) is 0. The van der Waals surface area contributed by atoms with E-state index in [2.05, 4.69) is 60.0 Å². The van der Waals surface area contributed by atoms with Gasteiger partial charge in [-0.2, -0.15) is 0 Å². The van der Waals surface area contributed by atoms with Crippen molar-refractivity contribution in [3.05, 3.63) is 24.6 Å². The van der Waals surface area contributed by atoms with Crippen molar-refractivity contribution in [2.24, 2.45) is 0 Å². The molecule has 0 bridgehead atoms. The van der Waals surface area contributed by atoms with Crippen LogP contribution in [-0.2, 0) is 0 Å². The van der Waals surface area contributed by atoms with Gasteiger partial charge in [0.2, 0.25) is 16.8 Å². The van der Waals surface area contributed by atoms with Gasteiger partial charge >= 0.3 is 0 Å². The summed E-state index contributed by atoms with van der Waals surface area (Å²) < 4.78 is 5.52. The van der Waals surface area contributed by atoms with Crippen molar-refractivity contribution in [2.75, 3.05) is 13.1 Å². The van der Waals surface area contributed by atoms with Crippen LogP contribution in [-0.4, -0.2) is 38.3 Å². The largest absolute Gasteiger partial charge is 0.316 e. The Kier molecular flexibility index (Phi) is 4.34. The Morgan fingerprint density at radius 1 is 0.875 bits per heavy atom. The molecule has 0 atom stereocenters. The highest BCUT2D eigenvalue weighted by atomic mass is 28.5. The van der Waals surface area contributed by atoms with Crippen LogP contribution in [0, 0.1) is 0 Å². The Balaban J connectivity index is 2.98. The standard InChI is InChI=1S/C12H26N2Si2/c1-7-11-13-15(5,9-3)14(12-8-2)16(13,6)10-4/h9-10H,3-4,7-8,11-12H2,1-2,5-6H3. The lowest BCUT2D eigenvalue weighted by atomic mass is 10.5. The van der Waals surface area contributed by atoms with Gasteiger partial charge in [-0.15, -0.1) is 13.2 Å². The van der Waals surface area contributed by atoms with Crippen molar-refractivity contribution in [3.63, 3.8) is 0 Å². The van der Waals surface area contributed by atoms with Gasteiger partial charge in [0, 0.05) is 0 Å². The van der Waals surface area contributed by atoms with E-state index in [0.717, 1.165) is 0 Å². The Bertz CT molecular complexity index is 242. The van der Waals surface area contributed by atoms with Gasteiger partial charge in [-0.3, -0.25) is 0 Å². The molecule has 0 saturated carbocycles. The van der Waals surface area contributed by atoms with E-state index >= 15 is 0 Å². The zero-order valence-corrected chi connectivity index (χ0v) is 13.3. The third-order valence-electron chi connectivity index (χ3n) is 3.85. The van der Waals surface area contributed by atoms with Crippen molar-refractivity contribution >= 4 is 16.8 Å². The molecule has 0 aromatic heterocycles. The maximum absolute atomic E-state index is 4.09. The van der Waals surface area contributed by atoms with Crippen molar-refractivity contribution in [3.8, 4) is 0 Å². The number of nitrogens with zero attached hydrogens (tertiary/aromatic N) is 2. The Hall–Kier alpha value is -0.166. The summed E-state index contributed by atoms with van der Waals surface area (Å²) in [5.41, 5.74) is 4.47. The zero-order valence-electron chi connectivity index (χ0n) is 11.3. The van der Waals surface area contributed by atoms with E-state index < -0.39 is 16.8 Å². The monoisotopic (exact) mass is 254 g/mol. The van der Waals surface area contributed by atoms with Crippen molar-refractivity contribution in [2.45, 2.75) is 39.8 Å². The van der Waals surface area contributed by atoms with Crippen LogP contribution in [0.4, 0.5) is 0 Å². The first-order valence-electron chi connectivity index (χ1n) is 6.33. The van der Waals surface area contributed by atoms with Crippen LogP contribution < -0.4 is 0 Å². The van der Waals surface area contributed by atoms with Crippen LogP contribution in [0.25, 0.3) is 0 Å². The minimum Gasteiger partial charge on any atom is -0.316 e. The van der Waals surface area contributed by atoms with Gasteiger partial charge in [-0.1, -0.05) is 25.2 Å². The molecular formula is C12H26N2Si2. The Morgan fingerprint density at radius 3 is 1.38 bits per heavy atom. The van der Waals surface area contributed by atoms with Crippen molar-refractivity contribution < 1.29 is 0 Å². The molecule has 0 N–H and O–H groups in total. The average Bonchev–Trinajstić information content (AvgIpc) is 2.31. The predicted molar refractivity (Wildman–Crippen MR) is 77.6 cm³/mol. The van der Waals surface area contributed by atoms with E-state index in [-0.39, 0.29) is 0 Å². The molecule has 0 aromatic rings. The molecule has 16 heavy (non-hydrogen) atoms. The third-order valence-corrected chi connectivity index (χ3v) is 16.1. The Morgan fingerprint density at radius 2 is 1.19 bits per heavy atom. The van der Waals surface area contributed by atoms with E-state index in [9.17, 15) is 0 Å². The summed E-state index contributed by atoms with van der Waals surface area (Å²) in [7, 11) is -3.01. The molecule has 0 aromatic carbocycles. The molecule has 0 aliphatic carbocycles. The lowest BCUT2D eigenvalue weighted by Gasteiger charge is -2.67. The fraction of sp³-hybridized carbons (Fsp3) is 0.667. The second-order valence-corrected chi connectivity index (χ2v) is 13.1. The lowest BCUT2D eigenvalue weighted by Crippen LogP contribution is -2.90. The van der Waals surface area contributed by atoms with Crippen molar-refractivity contribution in [1.29, 1.82) is 0 Å². The molecule has 0 amide bonds.